The molecule has 1 aromatic rings. The zero-order valence-electron chi connectivity index (χ0n) is 8.07. The predicted molar refractivity (Wildman–Crippen MR) is 54.4 cm³/mol. The van der Waals surface area contributed by atoms with Crippen LogP contribution < -0.4 is 11.5 Å². The van der Waals surface area contributed by atoms with Crippen molar-refractivity contribution >= 4 is 11.8 Å². The molecule has 0 aliphatic carbocycles. The molecule has 0 saturated carbocycles. The largest absolute Gasteiger partial charge is 0.370 e. The maximum atomic E-state index is 10.4. The Kier molecular flexibility index (Phi) is 5.78. The molecule has 0 bridgehead atoms. The highest BCUT2D eigenvalue weighted by Gasteiger charge is 1.93. The van der Waals surface area contributed by atoms with Crippen molar-refractivity contribution in [1.29, 1.82) is 0 Å². The van der Waals surface area contributed by atoms with Crippen LogP contribution in [0.3, 0.4) is 0 Å². The molecule has 0 saturated heterocycles. The first-order valence-electron chi connectivity index (χ1n) is 4.21. The second-order valence-electron chi connectivity index (χ2n) is 2.55. The summed E-state index contributed by atoms with van der Waals surface area (Å²) in [4.78, 5) is 20.0. The Morgan fingerprint density at radius 1 is 1.14 bits per heavy atom. The molecule has 0 aromatic heterocycles. The van der Waals surface area contributed by atoms with Crippen LogP contribution >= 0.6 is 0 Å². The van der Waals surface area contributed by atoms with E-state index in [1.807, 2.05) is 6.07 Å². The fourth-order valence-electron chi connectivity index (χ4n) is 0.602. The van der Waals surface area contributed by atoms with Crippen molar-refractivity contribution < 1.29 is 9.59 Å². The van der Waals surface area contributed by atoms with E-state index in [9.17, 15) is 9.59 Å². The first-order chi connectivity index (χ1) is 6.57. The smallest absolute Gasteiger partial charge is 0.248 e. The van der Waals surface area contributed by atoms with E-state index in [2.05, 4.69) is 5.73 Å². The number of primary amides is 2. The summed E-state index contributed by atoms with van der Waals surface area (Å²) in [6, 6.07) is 8.76. The summed E-state index contributed by atoms with van der Waals surface area (Å²) < 4.78 is 0. The molecule has 0 spiro atoms. The Labute approximate surface area is 82.9 Å². The highest BCUT2D eigenvalue weighted by molar-refractivity contribution is 5.92. The number of benzene rings is 1. The summed E-state index contributed by atoms with van der Waals surface area (Å²) in [7, 11) is 0. The standard InChI is InChI=1S/C7H7NO.C3H7NO/c8-7(9)6-4-2-1-3-5-6;1-2-3(4)5/h1-5H,(H2,8,9);2H2,1H3,(H2,4,5). The van der Waals surface area contributed by atoms with Crippen LogP contribution in [0, 0.1) is 0 Å². The van der Waals surface area contributed by atoms with Crippen LogP contribution in [0.1, 0.15) is 23.7 Å². The van der Waals surface area contributed by atoms with E-state index < -0.39 is 0 Å². The average Bonchev–Trinajstić information content (AvgIpc) is 2.20. The third-order valence-electron chi connectivity index (χ3n) is 1.41. The van der Waals surface area contributed by atoms with E-state index in [1.54, 1.807) is 31.2 Å². The first-order valence-corrected chi connectivity index (χ1v) is 4.21. The third kappa shape index (κ3) is 5.77. The molecule has 0 fully saturated rings. The van der Waals surface area contributed by atoms with Crippen molar-refractivity contribution in [3.63, 3.8) is 0 Å². The minimum Gasteiger partial charge on any atom is -0.370 e. The number of rotatable bonds is 2. The summed E-state index contributed by atoms with van der Waals surface area (Å²) in [5, 5.41) is 0. The Hall–Kier alpha value is -1.84. The van der Waals surface area contributed by atoms with E-state index in [1.165, 1.54) is 0 Å². The van der Waals surface area contributed by atoms with Crippen molar-refractivity contribution in [1.82, 2.24) is 0 Å². The Balaban J connectivity index is 0.000000292. The van der Waals surface area contributed by atoms with Gasteiger partial charge in [0, 0.05) is 12.0 Å². The van der Waals surface area contributed by atoms with Gasteiger partial charge in [-0.15, -0.1) is 0 Å². The van der Waals surface area contributed by atoms with Crippen LogP contribution in [0.4, 0.5) is 0 Å². The van der Waals surface area contributed by atoms with Gasteiger partial charge in [0.25, 0.3) is 0 Å². The van der Waals surface area contributed by atoms with E-state index in [0.29, 0.717) is 12.0 Å². The van der Waals surface area contributed by atoms with Crippen molar-refractivity contribution in [3.8, 4) is 0 Å². The van der Waals surface area contributed by atoms with Gasteiger partial charge in [0.15, 0.2) is 0 Å². The zero-order valence-corrected chi connectivity index (χ0v) is 8.07. The fourth-order valence-corrected chi connectivity index (χ4v) is 0.602. The van der Waals surface area contributed by atoms with Gasteiger partial charge in [0.2, 0.25) is 11.8 Å². The van der Waals surface area contributed by atoms with E-state index in [4.69, 9.17) is 5.73 Å². The van der Waals surface area contributed by atoms with Crippen LogP contribution in [-0.2, 0) is 4.79 Å². The van der Waals surface area contributed by atoms with Gasteiger partial charge < -0.3 is 11.5 Å². The molecule has 4 N–H and O–H groups in total. The van der Waals surface area contributed by atoms with Crippen LogP contribution in [0.2, 0.25) is 0 Å². The summed E-state index contributed by atoms with van der Waals surface area (Å²) in [5.74, 6) is -0.624. The molecule has 4 nitrogen and oxygen atoms in total. The maximum Gasteiger partial charge on any atom is 0.248 e. The number of carbonyl (C=O) groups is 2. The van der Waals surface area contributed by atoms with Gasteiger partial charge in [-0.05, 0) is 12.1 Å². The molecule has 0 heterocycles. The van der Waals surface area contributed by atoms with Gasteiger partial charge in [-0.25, -0.2) is 0 Å². The molecule has 1 rings (SSSR count). The van der Waals surface area contributed by atoms with Crippen LogP contribution in [0.25, 0.3) is 0 Å². The lowest BCUT2D eigenvalue weighted by Crippen LogP contribution is -2.09. The molecular weight excluding hydrogens is 180 g/mol. The highest BCUT2D eigenvalue weighted by Crippen LogP contribution is 1.94. The molecule has 0 unspecified atom stereocenters. The lowest BCUT2D eigenvalue weighted by Gasteiger charge is -1.89. The van der Waals surface area contributed by atoms with Crippen LogP contribution in [0.15, 0.2) is 30.3 Å². The van der Waals surface area contributed by atoms with Gasteiger partial charge in [-0.3, -0.25) is 9.59 Å². The van der Waals surface area contributed by atoms with Crippen molar-refractivity contribution in [2.75, 3.05) is 0 Å². The summed E-state index contributed by atoms with van der Waals surface area (Å²) in [6.45, 7) is 1.72. The lowest BCUT2D eigenvalue weighted by atomic mass is 10.2. The molecule has 76 valence electrons. The summed E-state index contributed by atoms with van der Waals surface area (Å²) in [6.07, 6.45) is 0.444. The number of amides is 2. The molecule has 4 heteroatoms. The van der Waals surface area contributed by atoms with Crippen LogP contribution in [-0.4, -0.2) is 11.8 Å². The molecule has 14 heavy (non-hydrogen) atoms. The fraction of sp³-hybridized carbons (Fsp3) is 0.200. The number of carbonyl (C=O) groups excluding carboxylic acids is 2. The maximum absolute atomic E-state index is 10.4. The van der Waals surface area contributed by atoms with Crippen LogP contribution in [0.5, 0.6) is 0 Å². The molecule has 0 radical (unpaired) electrons. The average molecular weight is 194 g/mol. The Morgan fingerprint density at radius 2 is 1.57 bits per heavy atom. The molecule has 2 amide bonds. The number of hydrogen-bond acceptors (Lipinski definition) is 2. The predicted octanol–water partition coefficient (Wildman–Crippen LogP) is 0.667. The van der Waals surface area contributed by atoms with Gasteiger partial charge in [-0.2, -0.15) is 0 Å². The monoisotopic (exact) mass is 194 g/mol. The second-order valence-corrected chi connectivity index (χ2v) is 2.55. The normalized spacial score (nSPS) is 8.36. The van der Waals surface area contributed by atoms with E-state index in [0.717, 1.165) is 0 Å². The third-order valence-corrected chi connectivity index (χ3v) is 1.41. The van der Waals surface area contributed by atoms with Crippen molar-refractivity contribution in [2.45, 2.75) is 13.3 Å². The second kappa shape index (κ2) is 6.65. The van der Waals surface area contributed by atoms with Crippen molar-refractivity contribution in [2.24, 2.45) is 11.5 Å². The van der Waals surface area contributed by atoms with E-state index >= 15 is 0 Å². The molecule has 0 aliphatic heterocycles. The summed E-state index contributed by atoms with van der Waals surface area (Å²) >= 11 is 0. The highest BCUT2D eigenvalue weighted by atomic mass is 16.1. The zero-order chi connectivity index (χ0) is 11.0. The number of nitrogens with two attached hydrogens (primary N) is 2. The lowest BCUT2D eigenvalue weighted by molar-refractivity contribution is -0.117. The Bertz CT molecular complexity index is 296. The van der Waals surface area contributed by atoms with Gasteiger partial charge in [0.1, 0.15) is 0 Å². The molecule has 0 aliphatic rings. The first kappa shape index (κ1) is 12.2. The van der Waals surface area contributed by atoms with Gasteiger partial charge in [-0.1, -0.05) is 25.1 Å². The van der Waals surface area contributed by atoms with Gasteiger partial charge >= 0.3 is 0 Å². The molecular formula is C10H14N2O2. The van der Waals surface area contributed by atoms with E-state index in [-0.39, 0.29) is 11.8 Å². The summed E-state index contributed by atoms with van der Waals surface area (Å²) in [5.41, 5.74) is 10.2. The number of hydrogen-bond donors (Lipinski definition) is 2. The minimum absolute atomic E-state index is 0.245. The quantitative estimate of drug-likeness (QED) is 0.724. The van der Waals surface area contributed by atoms with Gasteiger partial charge in [0.05, 0.1) is 0 Å². The molecule has 1 aromatic carbocycles. The Morgan fingerprint density at radius 3 is 1.79 bits per heavy atom. The minimum atomic E-state index is -0.379. The van der Waals surface area contributed by atoms with Crippen molar-refractivity contribution in [3.05, 3.63) is 35.9 Å². The molecule has 0 atom stereocenters. The topological polar surface area (TPSA) is 86.2 Å². The SMILES string of the molecule is CCC(N)=O.NC(=O)c1ccccc1.